The van der Waals surface area contributed by atoms with Crippen molar-refractivity contribution in [2.24, 2.45) is 47.3 Å². The van der Waals surface area contributed by atoms with E-state index in [0.717, 1.165) is 58.7 Å². The third-order valence-electron chi connectivity index (χ3n) is 14.8. The van der Waals surface area contributed by atoms with E-state index in [1.165, 1.54) is 12.3 Å². The summed E-state index contributed by atoms with van der Waals surface area (Å²) in [5.74, 6) is 8.80. The van der Waals surface area contributed by atoms with Gasteiger partial charge in [-0.2, -0.15) is 16.3 Å². The molecule has 8 aliphatic rings. The van der Waals surface area contributed by atoms with E-state index in [2.05, 4.69) is 86.9 Å². The van der Waals surface area contributed by atoms with E-state index in [0.29, 0.717) is 10.3 Å². The average Bonchev–Trinajstić information content (AvgIpc) is 3.65. The van der Waals surface area contributed by atoms with Crippen LogP contribution in [-0.4, -0.2) is 37.8 Å². The van der Waals surface area contributed by atoms with E-state index in [-0.39, 0.29) is 32.9 Å². The minimum Gasteiger partial charge on any atom is -0.748 e. The van der Waals surface area contributed by atoms with Crippen molar-refractivity contribution in [3.63, 3.8) is 0 Å². The second-order valence-corrected chi connectivity index (χ2v) is 39.3. The van der Waals surface area contributed by atoms with Gasteiger partial charge < -0.3 is 30.3 Å². The average molecular weight is 803 g/mol. The normalized spacial score (nSPS) is 34.8. The van der Waals surface area contributed by atoms with Gasteiger partial charge in [0.05, 0.1) is 8.07 Å². The minimum atomic E-state index is -1.53. The molecule has 2 aromatic carbocycles. The molecule has 0 atom stereocenters. The van der Waals surface area contributed by atoms with Gasteiger partial charge in [0, 0.05) is 25.1 Å². The summed E-state index contributed by atoms with van der Waals surface area (Å²) in [7, 11) is -3.12. The first kappa shape index (κ1) is 41.2. The molecule has 8 aliphatic carbocycles. The Hall–Kier alpha value is 0.513. The molecule has 2 aromatic rings. The Morgan fingerprint density at radius 3 is 1.24 bits per heavy atom. The van der Waals surface area contributed by atoms with E-state index in [9.17, 15) is 0 Å². The van der Waals surface area contributed by atoms with Crippen LogP contribution in [-0.2, 0) is 29.4 Å². The first-order valence-corrected chi connectivity index (χ1v) is 31.5. The first-order valence-electron chi connectivity index (χ1n) is 21.3. The van der Waals surface area contributed by atoms with Crippen LogP contribution in [0.3, 0.4) is 0 Å². The molecule has 0 amide bonds. The molecule has 292 valence electrons. The molecule has 0 heterocycles. The maximum Gasteiger partial charge on any atom is 0.0508 e. The Morgan fingerprint density at radius 2 is 0.941 bits per heavy atom. The molecular weight excluding hydrogens is 726 g/mol. The molecule has 8 saturated carbocycles. The topological polar surface area (TPSA) is 0 Å². The molecule has 8 fully saturated rings. The smallest absolute Gasteiger partial charge is 0.0508 e. The van der Waals surface area contributed by atoms with Crippen LogP contribution in [0, 0.1) is 47.3 Å². The summed E-state index contributed by atoms with van der Waals surface area (Å²) in [5, 5.41) is 4.62. The summed E-state index contributed by atoms with van der Waals surface area (Å²) in [6.07, 6.45) is 19.1. The summed E-state index contributed by atoms with van der Waals surface area (Å²) in [4.78, 5) is 0. The molecule has 0 nitrogen and oxygen atoms in total. The van der Waals surface area contributed by atoms with Crippen LogP contribution >= 0.6 is 15.8 Å². The Kier molecular flexibility index (Phi) is 12.2. The predicted octanol–water partition coefficient (Wildman–Crippen LogP) is 13.1. The minimum absolute atomic E-state index is 0. The van der Waals surface area contributed by atoms with Crippen molar-refractivity contribution in [1.29, 1.82) is 0 Å². The van der Waals surface area contributed by atoms with Crippen molar-refractivity contribution < 1.29 is 17.1 Å². The first-order chi connectivity index (χ1) is 23.3. The SMILES string of the molecule is CC(C)(C)P(C[c-]1c(CP(C2C3CC4CC(C3)CC2C4)C2C3CC4CC(C3)CC2C4)cc([Si](C)(C)C)c1[Si](C)(C)C)C(C)(C)C.[Fe].[cH-]1[cH-][cH-][cH-][cH-]1. The van der Waals surface area contributed by atoms with Crippen LogP contribution in [0.15, 0.2) is 36.4 Å². The largest absolute Gasteiger partial charge is 0.748 e. The van der Waals surface area contributed by atoms with Crippen LogP contribution < -0.4 is 10.4 Å². The second-order valence-electron chi connectivity index (χ2n) is 22.8. The van der Waals surface area contributed by atoms with Crippen LogP contribution in [0.25, 0.3) is 0 Å². The summed E-state index contributed by atoms with van der Waals surface area (Å²) in [5.41, 5.74) is 6.09. The van der Waals surface area contributed by atoms with Crippen molar-refractivity contribution in [1.82, 2.24) is 0 Å². The number of hydrogen-bond acceptors (Lipinski definition) is 0. The summed E-state index contributed by atoms with van der Waals surface area (Å²) in [6.45, 7) is 31.6. The van der Waals surface area contributed by atoms with Crippen LogP contribution in [0.1, 0.15) is 117 Å². The van der Waals surface area contributed by atoms with Crippen LogP contribution in [0.4, 0.5) is 0 Å². The number of hydrogen-bond donors (Lipinski definition) is 0. The third kappa shape index (κ3) is 8.61. The molecule has 51 heavy (non-hydrogen) atoms. The molecule has 0 unspecified atom stereocenters. The van der Waals surface area contributed by atoms with E-state index in [4.69, 9.17) is 0 Å². The monoisotopic (exact) mass is 802 g/mol. The molecule has 8 bridgehead atoms. The Morgan fingerprint density at radius 1 is 0.588 bits per heavy atom. The van der Waals surface area contributed by atoms with Crippen molar-refractivity contribution in [3.8, 4) is 0 Å². The Labute approximate surface area is 331 Å². The van der Waals surface area contributed by atoms with Crippen molar-refractivity contribution >= 4 is 42.4 Å². The molecule has 10 rings (SSSR count). The summed E-state index contributed by atoms with van der Waals surface area (Å²) in [6, 6.07) is 13.0. The zero-order valence-corrected chi connectivity index (χ0v) is 39.9. The molecule has 0 saturated heterocycles. The molecule has 0 radical (unpaired) electrons. The second kappa shape index (κ2) is 15.1. The standard InChI is InChI=1S/C41H71P2Si2.C5H5.Fe/c1-40(2,3)43(41(4,5)6)25-35-34(23-36(44(7,8)9)39(35)45(10,11)12)24-42(37-30-15-26-13-27(17-30)18-31(37)16-26)38-32-19-28-14-29(21-32)22-33(38)20-28;1-2-4-5-3-1;/h23,26-33,37-38H,13-22,24-25H2,1-12H3;1-5H;/q-1;-5;. The Balaban J connectivity index is 0.000000689. The zero-order chi connectivity index (χ0) is 36.0. The fourth-order valence-corrected chi connectivity index (χ4v) is 28.1. The van der Waals surface area contributed by atoms with Gasteiger partial charge in [0.1, 0.15) is 0 Å². The van der Waals surface area contributed by atoms with Crippen molar-refractivity contribution in [2.45, 2.75) is 179 Å². The molecule has 0 spiro atoms. The van der Waals surface area contributed by atoms with Gasteiger partial charge in [0.25, 0.3) is 0 Å². The van der Waals surface area contributed by atoms with Gasteiger partial charge in [-0.1, -0.05) is 94.9 Å². The van der Waals surface area contributed by atoms with E-state index < -0.39 is 16.1 Å². The number of rotatable bonds is 8. The molecular formula is C46H76FeP2Si2-6. The van der Waals surface area contributed by atoms with Gasteiger partial charge in [0.2, 0.25) is 0 Å². The van der Waals surface area contributed by atoms with Crippen LogP contribution in [0.5, 0.6) is 0 Å². The van der Waals surface area contributed by atoms with E-state index >= 15 is 0 Å². The maximum absolute atomic E-state index is 2.95. The van der Waals surface area contributed by atoms with Crippen LogP contribution in [0.2, 0.25) is 39.3 Å². The van der Waals surface area contributed by atoms with Gasteiger partial charge in [0.15, 0.2) is 0 Å². The van der Waals surface area contributed by atoms with E-state index in [1.807, 2.05) is 51.8 Å². The van der Waals surface area contributed by atoms with Crippen molar-refractivity contribution in [2.75, 3.05) is 0 Å². The van der Waals surface area contributed by atoms with Crippen molar-refractivity contribution in [3.05, 3.63) is 47.5 Å². The molecule has 0 aliphatic heterocycles. The van der Waals surface area contributed by atoms with Gasteiger partial charge in [-0.25, -0.2) is 11.3 Å². The summed E-state index contributed by atoms with van der Waals surface area (Å²) >= 11 is 0. The summed E-state index contributed by atoms with van der Waals surface area (Å²) < 4.78 is 0. The van der Waals surface area contributed by atoms with Gasteiger partial charge >= 0.3 is 0 Å². The van der Waals surface area contributed by atoms with Gasteiger partial charge in [-0.05, 0) is 139 Å². The van der Waals surface area contributed by atoms with Gasteiger partial charge in [-0.15, -0.1) is 7.92 Å². The molecule has 0 N–H and O–H groups in total. The third-order valence-corrected chi connectivity index (χ3v) is 26.9. The fraction of sp³-hybridized carbons (Fsp3) is 0.783. The van der Waals surface area contributed by atoms with E-state index in [1.54, 1.807) is 64.2 Å². The predicted molar refractivity (Wildman–Crippen MR) is 232 cm³/mol. The van der Waals surface area contributed by atoms with Gasteiger partial charge in [-0.3, -0.25) is 0 Å². The maximum atomic E-state index is 2.95. The zero-order valence-electron chi connectivity index (χ0n) is 35.0. The molecule has 5 heteroatoms. The fourth-order valence-electron chi connectivity index (χ4n) is 13.9. The Bertz CT molecular complexity index is 1310. The quantitative estimate of drug-likeness (QED) is 0.142. The molecule has 0 aromatic heterocycles.